The third-order valence-corrected chi connectivity index (χ3v) is 1.84. The summed E-state index contributed by atoms with van der Waals surface area (Å²) in [7, 11) is 0. The van der Waals surface area contributed by atoms with Gasteiger partial charge in [-0.3, -0.25) is 4.79 Å². The largest absolute Gasteiger partial charge is 0.399 e. The fourth-order valence-electron chi connectivity index (χ4n) is 1.10. The topological polar surface area (TPSA) is 81.1 Å². The Balaban J connectivity index is 2.25. The van der Waals surface area contributed by atoms with Crippen LogP contribution in [0.2, 0.25) is 0 Å². The number of hydrogen-bond acceptors (Lipinski definition) is 3. The third-order valence-electron chi connectivity index (χ3n) is 1.84. The lowest BCUT2D eigenvalue weighted by Gasteiger charge is -2.05. The molecule has 1 aromatic carbocycles. The maximum absolute atomic E-state index is 10.4. The fourth-order valence-corrected chi connectivity index (χ4v) is 1.10. The number of carbonyl (C=O) groups excluding carboxylic acids is 1. The van der Waals surface area contributed by atoms with Crippen molar-refractivity contribution in [3.8, 4) is 0 Å². The van der Waals surface area contributed by atoms with Crippen LogP contribution in [0.1, 0.15) is 12.8 Å². The van der Waals surface area contributed by atoms with E-state index < -0.39 is 0 Å². The van der Waals surface area contributed by atoms with E-state index in [9.17, 15) is 4.79 Å². The Hall–Kier alpha value is -1.71. The van der Waals surface area contributed by atoms with Crippen molar-refractivity contribution in [2.75, 3.05) is 17.6 Å². The number of rotatable bonds is 5. The van der Waals surface area contributed by atoms with Crippen LogP contribution in [0.25, 0.3) is 0 Å². The van der Waals surface area contributed by atoms with E-state index in [1.54, 1.807) is 0 Å². The highest BCUT2D eigenvalue weighted by Gasteiger charge is 1.94. The molecular weight excluding hydrogens is 178 g/mol. The monoisotopic (exact) mass is 193 g/mol. The second kappa shape index (κ2) is 5.11. The van der Waals surface area contributed by atoms with Gasteiger partial charge in [0, 0.05) is 24.3 Å². The highest BCUT2D eigenvalue weighted by Crippen LogP contribution is 2.10. The van der Waals surface area contributed by atoms with E-state index in [1.165, 1.54) is 0 Å². The van der Waals surface area contributed by atoms with Crippen molar-refractivity contribution >= 4 is 17.3 Å². The molecule has 5 N–H and O–H groups in total. The van der Waals surface area contributed by atoms with Crippen LogP contribution in [-0.4, -0.2) is 12.5 Å². The minimum atomic E-state index is -0.260. The summed E-state index contributed by atoms with van der Waals surface area (Å²) in [6, 6.07) is 7.46. The highest BCUT2D eigenvalue weighted by atomic mass is 16.1. The minimum absolute atomic E-state index is 0.260. The Morgan fingerprint density at radius 1 is 1.29 bits per heavy atom. The van der Waals surface area contributed by atoms with E-state index in [2.05, 4.69) is 5.32 Å². The molecule has 0 aliphatic carbocycles. The van der Waals surface area contributed by atoms with Crippen molar-refractivity contribution in [3.05, 3.63) is 24.3 Å². The van der Waals surface area contributed by atoms with Gasteiger partial charge >= 0.3 is 0 Å². The zero-order valence-corrected chi connectivity index (χ0v) is 7.99. The van der Waals surface area contributed by atoms with Gasteiger partial charge in [0.2, 0.25) is 5.91 Å². The zero-order chi connectivity index (χ0) is 10.4. The summed E-state index contributed by atoms with van der Waals surface area (Å²) >= 11 is 0. The van der Waals surface area contributed by atoms with Gasteiger partial charge in [-0.1, -0.05) is 0 Å². The summed E-state index contributed by atoms with van der Waals surface area (Å²) in [4.78, 5) is 10.4. The number of nitrogen functional groups attached to an aromatic ring is 1. The Morgan fingerprint density at radius 3 is 2.50 bits per heavy atom. The summed E-state index contributed by atoms with van der Waals surface area (Å²) < 4.78 is 0. The Labute approximate surface area is 83.3 Å². The number of carbonyl (C=O) groups is 1. The molecule has 0 heterocycles. The summed E-state index contributed by atoms with van der Waals surface area (Å²) in [6.07, 6.45) is 1.17. The van der Waals surface area contributed by atoms with Gasteiger partial charge in [0.15, 0.2) is 0 Å². The lowest BCUT2D eigenvalue weighted by molar-refractivity contribution is -0.118. The van der Waals surface area contributed by atoms with Crippen molar-refractivity contribution in [3.63, 3.8) is 0 Å². The van der Waals surface area contributed by atoms with Gasteiger partial charge in [0.1, 0.15) is 0 Å². The second-order valence-corrected chi connectivity index (χ2v) is 3.12. The SMILES string of the molecule is NC(=O)CCCNc1ccc(N)cc1. The summed E-state index contributed by atoms with van der Waals surface area (Å²) in [5.74, 6) is -0.260. The first-order valence-electron chi connectivity index (χ1n) is 4.56. The number of nitrogens with two attached hydrogens (primary N) is 2. The van der Waals surface area contributed by atoms with Crippen molar-refractivity contribution in [2.24, 2.45) is 5.73 Å². The molecule has 0 atom stereocenters. The lowest BCUT2D eigenvalue weighted by Crippen LogP contribution is -2.12. The van der Waals surface area contributed by atoms with Crippen LogP contribution in [0.5, 0.6) is 0 Å². The maximum Gasteiger partial charge on any atom is 0.217 e. The predicted octanol–water partition coefficient (Wildman–Crippen LogP) is 0.946. The fraction of sp³-hybridized carbons (Fsp3) is 0.300. The second-order valence-electron chi connectivity index (χ2n) is 3.12. The van der Waals surface area contributed by atoms with E-state index in [0.29, 0.717) is 6.42 Å². The molecule has 1 aromatic rings. The molecular formula is C10H15N3O. The number of hydrogen-bond donors (Lipinski definition) is 3. The number of amides is 1. The molecule has 0 fully saturated rings. The van der Waals surface area contributed by atoms with Crippen LogP contribution in [0.4, 0.5) is 11.4 Å². The van der Waals surface area contributed by atoms with Crippen LogP contribution >= 0.6 is 0 Å². The molecule has 14 heavy (non-hydrogen) atoms. The number of anilines is 2. The van der Waals surface area contributed by atoms with E-state index in [4.69, 9.17) is 11.5 Å². The van der Waals surface area contributed by atoms with E-state index in [1.807, 2.05) is 24.3 Å². The predicted molar refractivity (Wildman–Crippen MR) is 57.8 cm³/mol. The van der Waals surface area contributed by atoms with Gasteiger partial charge in [-0.05, 0) is 30.7 Å². The summed E-state index contributed by atoms with van der Waals surface area (Å²) in [5.41, 5.74) is 12.3. The van der Waals surface area contributed by atoms with Crippen LogP contribution in [0.3, 0.4) is 0 Å². The third kappa shape index (κ3) is 3.80. The minimum Gasteiger partial charge on any atom is -0.399 e. The van der Waals surface area contributed by atoms with Crippen LogP contribution in [-0.2, 0) is 4.79 Å². The summed E-state index contributed by atoms with van der Waals surface area (Å²) in [5, 5.41) is 3.16. The van der Waals surface area contributed by atoms with Gasteiger partial charge in [-0.2, -0.15) is 0 Å². The maximum atomic E-state index is 10.4. The smallest absolute Gasteiger partial charge is 0.217 e. The van der Waals surface area contributed by atoms with Crippen molar-refractivity contribution in [1.82, 2.24) is 0 Å². The van der Waals surface area contributed by atoms with Crippen molar-refractivity contribution < 1.29 is 4.79 Å². The average Bonchev–Trinajstić information content (AvgIpc) is 2.15. The first-order valence-corrected chi connectivity index (χ1v) is 4.56. The molecule has 0 aliphatic heterocycles. The first-order chi connectivity index (χ1) is 6.68. The molecule has 0 unspecified atom stereocenters. The van der Waals surface area contributed by atoms with Crippen LogP contribution in [0, 0.1) is 0 Å². The quantitative estimate of drug-likeness (QED) is 0.481. The first kappa shape index (κ1) is 10.4. The normalized spacial score (nSPS) is 9.71. The van der Waals surface area contributed by atoms with Crippen LogP contribution in [0.15, 0.2) is 24.3 Å². The lowest BCUT2D eigenvalue weighted by atomic mass is 10.2. The number of primary amides is 1. The summed E-state index contributed by atoms with van der Waals surface area (Å²) in [6.45, 7) is 0.743. The molecule has 1 amide bonds. The van der Waals surface area contributed by atoms with Gasteiger partial charge in [-0.25, -0.2) is 0 Å². The van der Waals surface area contributed by atoms with Crippen molar-refractivity contribution in [1.29, 1.82) is 0 Å². The molecule has 0 saturated carbocycles. The molecule has 0 aliphatic rings. The zero-order valence-electron chi connectivity index (χ0n) is 7.99. The molecule has 0 radical (unpaired) electrons. The number of nitrogens with one attached hydrogen (secondary N) is 1. The van der Waals surface area contributed by atoms with Crippen LogP contribution < -0.4 is 16.8 Å². The molecule has 4 nitrogen and oxygen atoms in total. The van der Waals surface area contributed by atoms with E-state index in [-0.39, 0.29) is 5.91 Å². The molecule has 0 saturated heterocycles. The molecule has 76 valence electrons. The van der Waals surface area contributed by atoms with Gasteiger partial charge in [0.25, 0.3) is 0 Å². The van der Waals surface area contributed by atoms with Gasteiger partial charge in [0.05, 0.1) is 0 Å². The molecule has 4 heteroatoms. The van der Waals surface area contributed by atoms with E-state index in [0.717, 1.165) is 24.3 Å². The highest BCUT2D eigenvalue weighted by molar-refractivity contribution is 5.73. The van der Waals surface area contributed by atoms with E-state index >= 15 is 0 Å². The van der Waals surface area contributed by atoms with Crippen molar-refractivity contribution in [2.45, 2.75) is 12.8 Å². The average molecular weight is 193 g/mol. The van der Waals surface area contributed by atoms with Gasteiger partial charge in [-0.15, -0.1) is 0 Å². The molecule has 0 spiro atoms. The standard InChI is InChI=1S/C10H15N3O/c11-8-3-5-9(6-4-8)13-7-1-2-10(12)14/h3-6,13H,1-2,7,11H2,(H2,12,14). The Kier molecular flexibility index (Phi) is 3.79. The Bertz CT molecular complexity index is 295. The Morgan fingerprint density at radius 2 is 1.93 bits per heavy atom. The molecule has 0 bridgehead atoms. The molecule has 0 aromatic heterocycles. The number of benzene rings is 1. The molecule has 1 rings (SSSR count). The van der Waals surface area contributed by atoms with Gasteiger partial charge < -0.3 is 16.8 Å².